The summed E-state index contributed by atoms with van der Waals surface area (Å²) in [6.45, 7) is 2.87. The Kier molecular flexibility index (Phi) is 3.58. The molecule has 0 saturated heterocycles. The van der Waals surface area contributed by atoms with Gasteiger partial charge in [-0.2, -0.15) is 0 Å². The first-order valence-corrected chi connectivity index (χ1v) is 5.99. The van der Waals surface area contributed by atoms with Crippen LogP contribution >= 0.6 is 0 Å². The second kappa shape index (κ2) is 5.14. The molecule has 1 aliphatic carbocycles. The van der Waals surface area contributed by atoms with Gasteiger partial charge in [-0.15, -0.1) is 0 Å². The van der Waals surface area contributed by atoms with Crippen molar-refractivity contribution in [2.24, 2.45) is 5.84 Å². The lowest BCUT2D eigenvalue weighted by Gasteiger charge is -2.22. The number of pyridine rings is 1. The molecular formula is C12H18N4O. The number of nitrogen functional groups attached to an aromatic ring is 1. The van der Waals surface area contributed by atoms with Gasteiger partial charge in [-0.3, -0.25) is 15.6 Å². The van der Waals surface area contributed by atoms with Crippen molar-refractivity contribution in [3.63, 3.8) is 0 Å². The normalized spacial score (nSPS) is 14.5. The van der Waals surface area contributed by atoms with Crippen LogP contribution in [0.25, 0.3) is 0 Å². The van der Waals surface area contributed by atoms with Gasteiger partial charge in [0.25, 0.3) is 5.91 Å². The number of nitrogens with two attached hydrogens (primary N) is 1. The molecule has 0 aliphatic heterocycles. The SMILES string of the molecule is CCCN(C(=O)c1cnccc1NN)C1CC1. The van der Waals surface area contributed by atoms with Gasteiger partial charge in [0.15, 0.2) is 0 Å². The van der Waals surface area contributed by atoms with Gasteiger partial charge in [-0.25, -0.2) is 0 Å². The summed E-state index contributed by atoms with van der Waals surface area (Å²) in [5.41, 5.74) is 3.73. The van der Waals surface area contributed by atoms with Crippen LogP contribution in [0.5, 0.6) is 0 Å². The number of nitrogens with one attached hydrogen (secondary N) is 1. The fourth-order valence-corrected chi connectivity index (χ4v) is 1.92. The van der Waals surface area contributed by atoms with Crippen LogP contribution in [0.3, 0.4) is 0 Å². The molecule has 92 valence electrons. The van der Waals surface area contributed by atoms with Crippen molar-refractivity contribution in [1.82, 2.24) is 9.88 Å². The summed E-state index contributed by atoms with van der Waals surface area (Å²) >= 11 is 0. The lowest BCUT2D eigenvalue weighted by atomic mass is 10.2. The zero-order chi connectivity index (χ0) is 12.3. The molecule has 0 atom stereocenters. The number of hydrazine groups is 1. The minimum absolute atomic E-state index is 0.0235. The lowest BCUT2D eigenvalue weighted by Crippen LogP contribution is -2.34. The number of hydrogen-bond acceptors (Lipinski definition) is 4. The number of hydrogen-bond donors (Lipinski definition) is 2. The Hall–Kier alpha value is -1.62. The molecule has 5 heteroatoms. The van der Waals surface area contributed by atoms with Gasteiger partial charge < -0.3 is 10.3 Å². The Morgan fingerprint density at radius 1 is 1.65 bits per heavy atom. The molecule has 2 rings (SSSR count). The van der Waals surface area contributed by atoms with Crippen molar-refractivity contribution in [2.45, 2.75) is 32.2 Å². The highest BCUT2D eigenvalue weighted by atomic mass is 16.2. The molecule has 0 unspecified atom stereocenters. The smallest absolute Gasteiger partial charge is 0.257 e. The first-order chi connectivity index (χ1) is 8.27. The van der Waals surface area contributed by atoms with Gasteiger partial charge in [0.05, 0.1) is 11.3 Å². The fraction of sp³-hybridized carbons (Fsp3) is 0.500. The maximum Gasteiger partial charge on any atom is 0.257 e. The van der Waals surface area contributed by atoms with Crippen LogP contribution < -0.4 is 11.3 Å². The van der Waals surface area contributed by atoms with E-state index in [4.69, 9.17) is 5.84 Å². The minimum atomic E-state index is 0.0235. The predicted octanol–water partition coefficient (Wildman–Crippen LogP) is 1.38. The number of rotatable bonds is 5. The first-order valence-electron chi connectivity index (χ1n) is 5.99. The fourth-order valence-electron chi connectivity index (χ4n) is 1.92. The van der Waals surface area contributed by atoms with Crippen molar-refractivity contribution in [1.29, 1.82) is 0 Å². The van der Waals surface area contributed by atoms with Crippen molar-refractivity contribution in [3.8, 4) is 0 Å². The number of amides is 1. The lowest BCUT2D eigenvalue weighted by molar-refractivity contribution is 0.0743. The van der Waals surface area contributed by atoms with E-state index in [9.17, 15) is 4.79 Å². The summed E-state index contributed by atoms with van der Waals surface area (Å²) in [6.07, 6.45) is 6.37. The van der Waals surface area contributed by atoms with Crippen molar-refractivity contribution in [3.05, 3.63) is 24.0 Å². The molecule has 1 aromatic heterocycles. The Bertz CT molecular complexity index is 403. The van der Waals surface area contributed by atoms with Gasteiger partial charge in [-0.05, 0) is 25.3 Å². The van der Waals surface area contributed by atoms with Gasteiger partial charge in [-0.1, -0.05) is 6.92 Å². The van der Waals surface area contributed by atoms with Crippen molar-refractivity contribution in [2.75, 3.05) is 12.0 Å². The van der Waals surface area contributed by atoms with E-state index < -0.39 is 0 Å². The minimum Gasteiger partial charge on any atom is -0.336 e. The number of nitrogens with zero attached hydrogens (tertiary/aromatic N) is 2. The summed E-state index contributed by atoms with van der Waals surface area (Å²) in [7, 11) is 0. The van der Waals surface area contributed by atoms with E-state index >= 15 is 0 Å². The van der Waals surface area contributed by atoms with Crippen LogP contribution in [0.15, 0.2) is 18.5 Å². The highest BCUT2D eigenvalue weighted by Crippen LogP contribution is 2.29. The van der Waals surface area contributed by atoms with E-state index in [0.717, 1.165) is 25.8 Å². The topological polar surface area (TPSA) is 71.2 Å². The van der Waals surface area contributed by atoms with Crippen LogP contribution in [0.2, 0.25) is 0 Å². The molecule has 5 nitrogen and oxygen atoms in total. The van der Waals surface area contributed by atoms with E-state index in [1.54, 1.807) is 18.5 Å². The van der Waals surface area contributed by atoms with Crippen molar-refractivity contribution < 1.29 is 4.79 Å². The molecule has 1 heterocycles. The third-order valence-corrected chi connectivity index (χ3v) is 2.92. The monoisotopic (exact) mass is 234 g/mol. The zero-order valence-corrected chi connectivity index (χ0v) is 10.0. The van der Waals surface area contributed by atoms with Crippen LogP contribution in [-0.2, 0) is 0 Å². The van der Waals surface area contributed by atoms with Crippen LogP contribution in [0, 0.1) is 0 Å². The highest BCUT2D eigenvalue weighted by Gasteiger charge is 2.33. The summed E-state index contributed by atoms with van der Waals surface area (Å²) < 4.78 is 0. The Labute approximate surface area is 101 Å². The zero-order valence-electron chi connectivity index (χ0n) is 10.0. The maximum absolute atomic E-state index is 12.4. The van der Waals surface area contributed by atoms with Crippen molar-refractivity contribution >= 4 is 11.6 Å². The summed E-state index contributed by atoms with van der Waals surface area (Å²) in [6, 6.07) is 2.12. The van der Waals surface area contributed by atoms with Gasteiger partial charge >= 0.3 is 0 Å². The molecule has 3 N–H and O–H groups in total. The molecule has 0 spiro atoms. The van der Waals surface area contributed by atoms with Crippen LogP contribution in [0.1, 0.15) is 36.5 Å². The Balaban J connectivity index is 2.21. The molecule has 0 bridgehead atoms. The largest absolute Gasteiger partial charge is 0.336 e. The van der Waals surface area contributed by atoms with E-state index in [1.165, 1.54) is 0 Å². The van der Waals surface area contributed by atoms with E-state index in [2.05, 4.69) is 17.3 Å². The number of aromatic nitrogens is 1. The summed E-state index contributed by atoms with van der Waals surface area (Å²) in [5.74, 6) is 5.43. The second-order valence-corrected chi connectivity index (χ2v) is 4.30. The number of anilines is 1. The van der Waals surface area contributed by atoms with Gasteiger partial charge in [0.2, 0.25) is 0 Å². The number of carbonyl (C=O) groups is 1. The molecule has 1 aliphatic rings. The van der Waals surface area contributed by atoms with Crippen LogP contribution in [-0.4, -0.2) is 28.4 Å². The molecule has 0 aromatic carbocycles. The van der Waals surface area contributed by atoms with E-state index in [-0.39, 0.29) is 5.91 Å². The quantitative estimate of drug-likeness (QED) is 0.596. The maximum atomic E-state index is 12.4. The summed E-state index contributed by atoms with van der Waals surface area (Å²) in [4.78, 5) is 18.3. The molecule has 1 fully saturated rings. The third-order valence-electron chi connectivity index (χ3n) is 2.92. The average molecular weight is 234 g/mol. The molecule has 0 radical (unpaired) electrons. The average Bonchev–Trinajstić information content (AvgIpc) is 3.19. The first kappa shape index (κ1) is 11.9. The Morgan fingerprint density at radius 3 is 3.00 bits per heavy atom. The van der Waals surface area contributed by atoms with E-state index in [1.807, 2.05) is 4.90 Å². The molecule has 17 heavy (non-hydrogen) atoms. The summed E-state index contributed by atoms with van der Waals surface area (Å²) in [5, 5.41) is 0. The van der Waals surface area contributed by atoms with Gasteiger partial charge in [0, 0.05) is 25.0 Å². The van der Waals surface area contributed by atoms with Crippen LogP contribution in [0.4, 0.5) is 5.69 Å². The van der Waals surface area contributed by atoms with Gasteiger partial charge in [0.1, 0.15) is 0 Å². The molecule has 1 aromatic rings. The predicted molar refractivity (Wildman–Crippen MR) is 66.4 cm³/mol. The van der Waals surface area contributed by atoms with E-state index in [0.29, 0.717) is 17.3 Å². The molecular weight excluding hydrogens is 216 g/mol. The second-order valence-electron chi connectivity index (χ2n) is 4.30. The third kappa shape index (κ3) is 2.55. The molecule has 1 amide bonds. The Morgan fingerprint density at radius 2 is 2.41 bits per heavy atom. The molecule has 1 saturated carbocycles. The standard InChI is InChI=1S/C12H18N4O/c1-2-7-16(9-3-4-9)12(17)10-8-14-6-5-11(10)15-13/h5-6,8-9H,2-4,7,13H2,1H3,(H,14,15). The number of carbonyl (C=O) groups excluding carboxylic acids is 1. The highest BCUT2D eigenvalue weighted by molar-refractivity contribution is 5.99.